The Bertz CT molecular complexity index is 374. The second-order valence-electron chi connectivity index (χ2n) is 4.04. The summed E-state index contributed by atoms with van der Waals surface area (Å²) in [6.07, 6.45) is 2.62. The number of rotatable bonds is 3. The van der Waals surface area contributed by atoms with Crippen LogP contribution in [0.25, 0.3) is 0 Å². The van der Waals surface area contributed by atoms with Crippen molar-refractivity contribution in [2.75, 3.05) is 0 Å². The van der Waals surface area contributed by atoms with Gasteiger partial charge in [-0.05, 0) is 24.5 Å². The molecule has 0 aromatic heterocycles. The quantitative estimate of drug-likeness (QED) is 0.771. The molecule has 1 aromatic rings. The highest BCUT2D eigenvalue weighted by Crippen LogP contribution is 2.37. The van der Waals surface area contributed by atoms with Crippen LogP contribution in [0.15, 0.2) is 12.1 Å². The van der Waals surface area contributed by atoms with Crippen molar-refractivity contribution in [1.82, 2.24) is 0 Å². The summed E-state index contributed by atoms with van der Waals surface area (Å²) in [5, 5.41) is 0. The smallest absolute Gasteiger partial charge is 0.166 e. The van der Waals surface area contributed by atoms with Gasteiger partial charge in [0.15, 0.2) is 11.6 Å². The standard InChI is InChI=1S/C11H12F3N/c12-7-3-4-8(13)11(14)10(7)9(15)5-6-1-2-6/h3-4,6,9H,1-2,5,15H2/t9-/m0/s1. The average Bonchev–Trinajstić information content (AvgIpc) is 2.96. The lowest BCUT2D eigenvalue weighted by atomic mass is 10.0. The Labute approximate surface area is 86.1 Å². The fraction of sp³-hybridized carbons (Fsp3) is 0.455. The number of hydrogen-bond acceptors (Lipinski definition) is 1. The molecular weight excluding hydrogens is 203 g/mol. The molecule has 1 aromatic carbocycles. The Hall–Kier alpha value is -1.03. The van der Waals surface area contributed by atoms with E-state index in [1.54, 1.807) is 0 Å². The molecule has 2 N–H and O–H groups in total. The van der Waals surface area contributed by atoms with Crippen molar-refractivity contribution in [2.45, 2.75) is 25.3 Å². The first-order chi connectivity index (χ1) is 7.09. The Morgan fingerprint density at radius 2 is 1.80 bits per heavy atom. The fourth-order valence-electron chi connectivity index (χ4n) is 1.71. The number of benzene rings is 1. The van der Waals surface area contributed by atoms with E-state index in [1.807, 2.05) is 0 Å². The Morgan fingerprint density at radius 3 is 2.40 bits per heavy atom. The average molecular weight is 215 g/mol. The minimum absolute atomic E-state index is 0.318. The van der Waals surface area contributed by atoms with E-state index in [4.69, 9.17) is 5.73 Å². The van der Waals surface area contributed by atoms with Crippen LogP contribution in [0, 0.1) is 23.4 Å². The molecular formula is C11H12F3N. The molecule has 0 unspecified atom stereocenters. The minimum atomic E-state index is -1.15. The zero-order chi connectivity index (χ0) is 11.0. The van der Waals surface area contributed by atoms with Crippen LogP contribution in [0.1, 0.15) is 30.9 Å². The highest BCUT2D eigenvalue weighted by Gasteiger charge is 2.28. The first-order valence-corrected chi connectivity index (χ1v) is 4.98. The Kier molecular flexibility index (Phi) is 2.69. The van der Waals surface area contributed by atoms with Crippen molar-refractivity contribution in [3.05, 3.63) is 35.1 Å². The molecule has 2 rings (SSSR count). The minimum Gasteiger partial charge on any atom is -0.324 e. The lowest BCUT2D eigenvalue weighted by molar-refractivity contribution is 0.452. The molecule has 15 heavy (non-hydrogen) atoms. The second-order valence-corrected chi connectivity index (χ2v) is 4.04. The van der Waals surface area contributed by atoms with Gasteiger partial charge in [-0.1, -0.05) is 12.8 Å². The van der Waals surface area contributed by atoms with Gasteiger partial charge in [-0.3, -0.25) is 0 Å². The van der Waals surface area contributed by atoms with Gasteiger partial charge in [0.05, 0.1) is 0 Å². The van der Waals surface area contributed by atoms with Gasteiger partial charge in [-0.15, -0.1) is 0 Å². The SMILES string of the molecule is N[C@@H](CC1CC1)c1c(F)ccc(F)c1F. The van der Waals surface area contributed by atoms with Crippen molar-refractivity contribution in [1.29, 1.82) is 0 Å². The maximum absolute atomic E-state index is 13.3. The van der Waals surface area contributed by atoms with Gasteiger partial charge in [0, 0.05) is 11.6 Å². The van der Waals surface area contributed by atoms with Gasteiger partial charge >= 0.3 is 0 Å². The number of hydrogen-bond donors (Lipinski definition) is 1. The van der Waals surface area contributed by atoms with E-state index in [9.17, 15) is 13.2 Å². The maximum Gasteiger partial charge on any atom is 0.166 e. The van der Waals surface area contributed by atoms with Gasteiger partial charge in [-0.2, -0.15) is 0 Å². The molecule has 1 fully saturated rings. The summed E-state index contributed by atoms with van der Waals surface area (Å²) in [4.78, 5) is 0. The van der Waals surface area contributed by atoms with Crippen LogP contribution in [0.4, 0.5) is 13.2 Å². The summed E-state index contributed by atoms with van der Waals surface area (Å²) in [7, 11) is 0. The van der Waals surface area contributed by atoms with Gasteiger partial charge in [0.2, 0.25) is 0 Å². The molecule has 0 bridgehead atoms. The van der Waals surface area contributed by atoms with E-state index in [0.717, 1.165) is 25.0 Å². The third-order valence-electron chi connectivity index (χ3n) is 2.73. The fourth-order valence-corrected chi connectivity index (χ4v) is 1.71. The van der Waals surface area contributed by atoms with Crippen LogP contribution in [0.3, 0.4) is 0 Å². The van der Waals surface area contributed by atoms with Crippen LogP contribution >= 0.6 is 0 Å². The Balaban J connectivity index is 2.27. The van der Waals surface area contributed by atoms with E-state index >= 15 is 0 Å². The largest absolute Gasteiger partial charge is 0.324 e. The van der Waals surface area contributed by atoms with Gasteiger partial charge in [-0.25, -0.2) is 13.2 Å². The van der Waals surface area contributed by atoms with Crippen molar-refractivity contribution < 1.29 is 13.2 Å². The highest BCUT2D eigenvalue weighted by atomic mass is 19.2. The predicted molar refractivity (Wildman–Crippen MR) is 50.6 cm³/mol. The molecule has 1 aliphatic rings. The number of halogens is 3. The van der Waals surface area contributed by atoms with Crippen molar-refractivity contribution in [3.63, 3.8) is 0 Å². The zero-order valence-corrected chi connectivity index (χ0v) is 8.14. The van der Waals surface area contributed by atoms with E-state index in [0.29, 0.717) is 12.3 Å². The molecule has 1 aliphatic carbocycles. The summed E-state index contributed by atoms with van der Waals surface area (Å²) < 4.78 is 39.4. The van der Waals surface area contributed by atoms with Crippen LogP contribution in [-0.2, 0) is 0 Å². The molecule has 1 saturated carbocycles. The topological polar surface area (TPSA) is 26.0 Å². The number of nitrogens with two attached hydrogens (primary N) is 1. The summed E-state index contributed by atoms with van der Waals surface area (Å²) in [6, 6.07) is 0.951. The van der Waals surface area contributed by atoms with E-state index in [2.05, 4.69) is 0 Å². The zero-order valence-electron chi connectivity index (χ0n) is 8.14. The molecule has 0 amide bonds. The van der Waals surface area contributed by atoms with Crippen LogP contribution in [0.2, 0.25) is 0 Å². The summed E-state index contributed by atoms with van der Waals surface area (Å²) in [5.41, 5.74) is 5.34. The molecule has 0 saturated heterocycles. The molecule has 0 heterocycles. The molecule has 0 aliphatic heterocycles. The van der Waals surface area contributed by atoms with Crippen LogP contribution in [-0.4, -0.2) is 0 Å². The van der Waals surface area contributed by atoms with Crippen LogP contribution < -0.4 is 5.73 Å². The second kappa shape index (κ2) is 3.85. The van der Waals surface area contributed by atoms with Crippen molar-refractivity contribution >= 4 is 0 Å². The predicted octanol–water partition coefficient (Wildman–Crippen LogP) is 2.90. The monoisotopic (exact) mass is 215 g/mol. The molecule has 4 heteroatoms. The summed E-state index contributed by atoms with van der Waals surface area (Å²) in [5.74, 6) is -2.51. The highest BCUT2D eigenvalue weighted by molar-refractivity contribution is 5.24. The van der Waals surface area contributed by atoms with Crippen LogP contribution in [0.5, 0.6) is 0 Å². The molecule has 82 valence electrons. The molecule has 1 nitrogen and oxygen atoms in total. The molecule has 0 radical (unpaired) electrons. The van der Waals surface area contributed by atoms with Crippen molar-refractivity contribution in [2.24, 2.45) is 11.7 Å². The van der Waals surface area contributed by atoms with E-state index in [-0.39, 0.29) is 5.56 Å². The van der Waals surface area contributed by atoms with Crippen molar-refractivity contribution in [3.8, 4) is 0 Å². The van der Waals surface area contributed by atoms with Gasteiger partial charge in [0.1, 0.15) is 5.82 Å². The van der Waals surface area contributed by atoms with Gasteiger partial charge in [0.25, 0.3) is 0 Å². The normalized spacial score (nSPS) is 17.9. The third kappa shape index (κ3) is 2.15. The van der Waals surface area contributed by atoms with E-state index < -0.39 is 23.5 Å². The van der Waals surface area contributed by atoms with Gasteiger partial charge < -0.3 is 5.73 Å². The Morgan fingerprint density at radius 1 is 1.20 bits per heavy atom. The lowest BCUT2D eigenvalue weighted by Crippen LogP contribution is -2.15. The molecule has 0 spiro atoms. The first kappa shape index (κ1) is 10.5. The summed E-state index contributed by atoms with van der Waals surface area (Å²) >= 11 is 0. The third-order valence-corrected chi connectivity index (χ3v) is 2.73. The van der Waals surface area contributed by atoms with E-state index in [1.165, 1.54) is 0 Å². The lowest BCUT2D eigenvalue weighted by Gasteiger charge is -2.13. The molecule has 1 atom stereocenters. The summed E-state index contributed by atoms with van der Waals surface area (Å²) in [6.45, 7) is 0. The maximum atomic E-state index is 13.3. The first-order valence-electron chi connectivity index (χ1n) is 4.98.